The monoisotopic (exact) mass is 277 g/mol. The molecule has 19 heavy (non-hydrogen) atoms. The predicted octanol–water partition coefficient (Wildman–Crippen LogP) is 0.554. The molecule has 0 amide bonds. The van der Waals surface area contributed by atoms with Crippen LogP contribution in [0.25, 0.3) is 0 Å². The highest BCUT2D eigenvalue weighted by molar-refractivity contribution is 7.92. The fourth-order valence-electron chi connectivity index (χ4n) is 1.40. The molecule has 7 heteroatoms. The highest BCUT2D eigenvalue weighted by Crippen LogP contribution is 2.15. The number of H-pyrrole nitrogens is 1. The summed E-state index contributed by atoms with van der Waals surface area (Å²) in [5.41, 5.74) is 0.998. The average molecular weight is 277 g/mol. The normalized spacial score (nSPS) is 10.6. The maximum atomic E-state index is 11.9. The van der Waals surface area contributed by atoms with Crippen molar-refractivity contribution in [1.82, 2.24) is 9.97 Å². The van der Waals surface area contributed by atoms with Crippen molar-refractivity contribution in [3.8, 4) is 11.8 Å². The number of anilines is 1. The fraction of sp³-hybridized carbons (Fsp3) is 0.0833. The van der Waals surface area contributed by atoms with Gasteiger partial charge in [0.05, 0.1) is 18.2 Å². The molecule has 2 rings (SSSR count). The highest BCUT2D eigenvalue weighted by atomic mass is 32.2. The van der Waals surface area contributed by atoms with Gasteiger partial charge in [-0.25, -0.2) is 4.98 Å². The molecule has 0 saturated carbocycles. The van der Waals surface area contributed by atoms with Crippen molar-refractivity contribution < 1.29 is 13.5 Å². The minimum atomic E-state index is -3.67. The summed E-state index contributed by atoms with van der Waals surface area (Å²) in [5.74, 6) is 5.19. The first-order chi connectivity index (χ1) is 9.12. The topological polar surface area (TPSA) is 95.1 Å². The van der Waals surface area contributed by atoms with Gasteiger partial charge in [0.2, 0.25) is 0 Å². The number of aliphatic hydroxyl groups excluding tert-OH is 1. The van der Waals surface area contributed by atoms with Gasteiger partial charge in [-0.1, -0.05) is 17.9 Å². The van der Waals surface area contributed by atoms with Crippen LogP contribution in [0.3, 0.4) is 0 Å². The molecule has 1 aromatic heterocycles. The molecule has 98 valence electrons. The zero-order valence-electron chi connectivity index (χ0n) is 9.79. The lowest BCUT2D eigenvalue weighted by Crippen LogP contribution is -2.13. The van der Waals surface area contributed by atoms with Gasteiger partial charge >= 0.3 is 0 Å². The highest BCUT2D eigenvalue weighted by Gasteiger charge is 2.15. The van der Waals surface area contributed by atoms with Crippen molar-refractivity contribution in [2.45, 2.75) is 5.03 Å². The van der Waals surface area contributed by atoms with E-state index < -0.39 is 10.0 Å². The van der Waals surface area contributed by atoms with E-state index in [-0.39, 0.29) is 11.6 Å². The van der Waals surface area contributed by atoms with Gasteiger partial charge in [-0.3, -0.25) is 4.72 Å². The van der Waals surface area contributed by atoms with E-state index >= 15 is 0 Å². The number of sulfonamides is 1. The third-order valence-electron chi connectivity index (χ3n) is 2.19. The molecule has 1 heterocycles. The number of hydrogen-bond donors (Lipinski definition) is 3. The Morgan fingerprint density at radius 1 is 1.42 bits per heavy atom. The van der Waals surface area contributed by atoms with E-state index in [0.29, 0.717) is 11.3 Å². The van der Waals surface area contributed by atoms with Crippen molar-refractivity contribution in [2.24, 2.45) is 0 Å². The smallest absolute Gasteiger partial charge is 0.278 e. The lowest BCUT2D eigenvalue weighted by atomic mass is 10.2. The Hall–Kier alpha value is -2.30. The maximum Gasteiger partial charge on any atom is 0.278 e. The predicted molar refractivity (Wildman–Crippen MR) is 69.8 cm³/mol. The second-order valence-corrected chi connectivity index (χ2v) is 5.21. The largest absolute Gasteiger partial charge is 0.384 e. The van der Waals surface area contributed by atoms with Gasteiger partial charge in [-0.05, 0) is 18.2 Å². The minimum absolute atomic E-state index is 0.0145. The van der Waals surface area contributed by atoms with Crippen LogP contribution in [0, 0.1) is 11.8 Å². The van der Waals surface area contributed by atoms with Gasteiger partial charge in [0.1, 0.15) is 6.61 Å². The Morgan fingerprint density at radius 3 is 2.95 bits per heavy atom. The Bertz CT molecular complexity index is 712. The summed E-state index contributed by atoms with van der Waals surface area (Å²) in [6.45, 7) is -0.246. The van der Waals surface area contributed by atoms with Crippen molar-refractivity contribution in [3.63, 3.8) is 0 Å². The number of aliphatic hydroxyl groups is 1. The lowest BCUT2D eigenvalue weighted by molar-refractivity contribution is 0.350. The summed E-state index contributed by atoms with van der Waals surface area (Å²) in [4.78, 5) is 6.19. The standard InChI is InChI=1S/C12H11N3O3S/c16-6-2-4-10-3-1-5-11(7-10)15-19(17,18)12-8-13-9-14-12/h1,3,5,7-9,15-16H,6H2,(H,13,14). The molecular weight excluding hydrogens is 266 g/mol. The van der Waals surface area contributed by atoms with E-state index in [1.807, 2.05) is 0 Å². The molecule has 1 aromatic carbocycles. The molecule has 0 saturated heterocycles. The molecule has 0 aliphatic heterocycles. The molecule has 0 unspecified atom stereocenters. The van der Waals surface area contributed by atoms with Crippen LogP contribution in [0.15, 0.2) is 41.8 Å². The third kappa shape index (κ3) is 3.34. The Balaban J connectivity index is 2.25. The number of nitrogens with zero attached hydrogens (tertiary/aromatic N) is 1. The van der Waals surface area contributed by atoms with Gasteiger partial charge in [-0.2, -0.15) is 8.42 Å². The first kappa shape index (κ1) is 13.1. The van der Waals surface area contributed by atoms with Crippen LogP contribution in [0.4, 0.5) is 5.69 Å². The van der Waals surface area contributed by atoms with Crippen molar-refractivity contribution in [1.29, 1.82) is 0 Å². The first-order valence-electron chi connectivity index (χ1n) is 5.33. The molecule has 0 bridgehead atoms. The summed E-state index contributed by atoms with van der Waals surface area (Å²) >= 11 is 0. The maximum absolute atomic E-state index is 11.9. The summed E-state index contributed by atoms with van der Waals surface area (Å²) < 4.78 is 26.3. The van der Waals surface area contributed by atoms with E-state index in [1.165, 1.54) is 12.5 Å². The number of aromatic amines is 1. The van der Waals surface area contributed by atoms with E-state index in [4.69, 9.17) is 5.11 Å². The second-order valence-electron chi connectivity index (χ2n) is 3.56. The van der Waals surface area contributed by atoms with Crippen molar-refractivity contribution in [2.75, 3.05) is 11.3 Å². The average Bonchev–Trinajstić information content (AvgIpc) is 2.91. The quantitative estimate of drug-likeness (QED) is 0.714. The SMILES string of the molecule is O=S(=O)(Nc1cccc(C#CCO)c1)c1cnc[nH]1. The van der Waals surface area contributed by atoms with Gasteiger partial charge in [-0.15, -0.1) is 0 Å². The molecule has 0 atom stereocenters. The van der Waals surface area contributed by atoms with Gasteiger partial charge in [0.25, 0.3) is 10.0 Å². The minimum Gasteiger partial charge on any atom is -0.384 e. The lowest BCUT2D eigenvalue weighted by Gasteiger charge is -2.06. The number of rotatable bonds is 3. The number of imidazole rings is 1. The molecular formula is C12H11N3O3S. The Labute approximate surface area is 110 Å². The summed E-state index contributed by atoms with van der Waals surface area (Å²) in [6.07, 6.45) is 2.51. The summed E-state index contributed by atoms with van der Waals surface area (Å²) in [6, 6.07) is 6.58. The van der Waals surface area contributed by atoms with Crippen LogP contribution in [0.5, 0.6) is 0 Å². The van der Waals surface area contributed by atoms with Crippen LogP contribution in [-0.4, -0.2) is 30.1 Å². The van der Waals surface area contributed by atoms with Crippen LogP contribution in [-0.2, 0) is 10.0 Å². The molecule has 0 fully saturated rings. The van der Waals surface area contributed by atoms with Crippen LogP contribution in [0.1, 0.15) is 5.56 Å². The van der Waals surface area contributed by atoms with E-state index in [2.05, 4.69) is 26.5 Å². The summed E-state index contributed by atoms with van der Waals surface area (Å²) in [5, 5.41) is 8.60. The first-order valence-corrected chi connectivity index (χ1v) is 6.81. The number of aromatic nitrogens is 2. The van der Waals surface area contributed by atoms with E-state index in [0.717, 1.165) is 0 Å². The number of nitrogens with one attached hydrogen (secondary N) is 2. The summed E-state index contributed by atoms with van der Waals surface area (Å²) in [7, 11) is -3.67. The van der Waals surface area contributed by atoms with E-state index in [9.17, 15) is 8.42 Å². The van der Waals surface area contributed by atoms with Crippen LogP contribution >= 0.6 is 0 Å². The van der Waals surface area contributed by atoms with Crippen LogP contribution in [0.2, 0.25) is 0 Å². The molecule has 0 aliphatic rings. The molecule has 0 aliphatic carbocycles. The number of benzene rings is 1. The third-order valence-corrected chi connectivity index (χ3v) is 3.50. The molecule has 0 spiro atoms. The van der Waals surface area contributed by atoms with Gasteiger partial charge < -0.3 is 10.1 Å². The van der Waals surface area contributed by atoms with E-state index in [1.54, 1.807) is 24.3 Å². The number of hydrogen-bond acceptors (Lipinski definition) is 4. The fourth-order valence-corrected chi connectivity index (χ4v) is 2.36. The van der Waals surface area contributed by atoms with Crippen molar-refractivity contribution >= 4 is 15.7 Å². The molecule has 0 radical (unpaired) electrons. The zero-order chi connectivity index (χ0) is 13.7. The molecule has 6 nitrogen and oxygen atoms in total. The van der Waals surface area contributed by atoms with Gasteiger partial charge in [0, 0.05) is 5.56 Å². The molecule has 2 aromatic rings. The molecule has 3 N–H and O–H groups in total. The Kier molecular flexibility index (Phi) is 3.85. The van der Waals surface area contributed by atoms with Crippen molar-refractivity contribution in [3.05, 3.63) is 42.4 Å². The second kappa shape index (κ2) is 5.56. The van der Waals surface area contributed by atoms with Gasteiger partial charge in [0.15, 0.2) is 5.03 Å². The zero-order valence-corrected chi connectivity index (χ0v) is 10.6. The Morgan fingerprint density at radius 2 is 2.26 bits per heavy atom. The van der Waals surface area contributed by atoms with Crippen LogP contribution < -0.4 is 4.72 Å².